The predicted molar refractivity (Wildman–Crippen MR) is 123 cm³/mol. The summed E-state index contributed by atoms with van der Waals surface area (Å²) in [5.74, 6) is 1.65. The molecule has 0 aliphatic carbocycles. The van der Waals surface area contributed by atoms with Gasteiger partial charge in [0.1, 0.15) is 30.0 Å². The van der Waals surface area contributed by atoms with Crippen LogP contribution in [0.25, 0.3) is 10.9 Å². The minimum Gasteiger partial charge on any atom is -0.493 e. The van der Waals surface area contributed by atoms with Crippen LogP contribution in [-0.4, -0.2) is 59.3 Å². The van der Waals surface area contributed by atoms with E-state index in [9.17, 15) is 5.11 Å². The smallest absolute Gasteiger partial charge is 0.164 e. The number of halogens is 2. The lowest BCUT2D eigenvalue weighted by molar-refractivity contribution is -0.0556. The van der Waals surface area contributed by atoms with Crippen LogP contribution in [0.4, 0.5) is 11.5 Å². The van der Waals surface area contributed by atoms with Crippen molar-refractivity contribution in [1.82, 2.24) is 9.97 Å². The molecule has 3 aromatic rings. The fraction of sp³-hybridized carbons (Fsp3) is 0.364. The largest absolute Gasteiger partial charge is 0.493 e. The molecule has 0 radical (unpaired) electrons. The lowest BCUT2D eigenvalue weighted by Crippen LogP contribution is -2.41. The van der Waals surface area contributed by atoms with Crippen molar-refractivity contribution in [3.05, 3.63) is 46.2 Å². The molecular weight excluding hydrogens is 502 g/mol. The van der Waals surface area contributed by atoms with Gasteiger partial charge in [0.15, 0.2) is 17.6 Å². The van der Waals surface area contributed by atoms with Gasteiger partial charge in [-0.2, -0.15) is 0 Å². The van der Waals surface area contributed by atoms with Gasteiger partial charge in [-0.1, -0.05) is 11.6 Å². The van der Waals surface area contributed by atoms with E-state index >= 15 is 0 Å². The number of hydrogen-bond donors (Lipinski definition) is 2. The molecule has 0 bridgehead atoms. The number of aromatic nitrogens is 2. The standard InChI is InChI=1S/C22H21BrClN3O5/c1-22(28)9-31-19-18(8-30-20(19)22)32-17-7-15-12(6-16(17)29-2)21(26-10-25-15)27-11-3-4-13(23)14(24)5-11/h3-7,10,18-20,28H,8-9H2,1-2H3,(H,25,26,27)/t18-,19-,20-,22+/m0/s1. The maximum atomic E-state index is 10.4. The predicted octanol–water partition coefficient (Wildman–Crippen LogP) is 4.09. The van der Waals surface area contributed by atoms with Gasteiger partial charge in [0.05, 0.1) is 30.9 Å². The van der Waals surface area contributed by atoms with E-state index in [0.717, 1.165) is 15.5 Å². The summed E-state index contributed by atoms with van der Waals surface area (Å²) in [5.41, 5.74) is 0.438. The van der Waals surface area contributed by atoms with E-state index in [-0.39, 0.29) is 18.8 Å². The van der Waals surface area contributed by atoms with Crippen molar-refractivity contribution >= 4 is 49.9 Å². The molecule has 5 rings (SSSR count). The molecule has 3 heterocycles. The highest BCUT2D eigenvalue weighted by Crippen LogP contribution is 2.40. The Balaban J connectivity index is 1.45. The third-order valence-corrected chi connectivity index (χ3v) is 6.90. The van der Waals surface area contributed by atoms with Crippen LogP contribution < -0.4 is 14.8 Å². The summed E-state index contributed by atoms with van der Waals surface area (Å²) in [6.07, 6.45) is 0.336. The maximum Gasteiger partial charge on any atom is 0.164 e. The first kappa shape index (κ1) is 21.7. The summed E-state index contributed by atoms with van der Waals surface area (Å²) in [5, 5.41) is 15.0. The van der Waals surface area contributed by atoms with E-state index in [0.29, 0.717) is 34.5 Å². The normalized spacial score (nSPS) is 26.8. The number of rotatable bonds is 5. The van der Waals surface area contributed by atoms with Gasteiger partial charge < -0.3 is 29.4 Å². The zero-order valence-corrected chi connectivity index (χ0v) is 19.7. The first-order valence-electron chi connectivity index (χ1n) is 10.0. The van der Waals surface area contributed by atoms with E-state index in [1.54, 1.807) is 26.2 Å². The fourth-order valence-electron chi connectivity index (χ4n) is 4.05. The Morgan fingerprint density at radius 3 is 2.84 bits per heavy atom. The van der Waals surface area contributed by atoms with Crippen molar-refractivity contribution in [3.63, 3.8) is 0 Å². The number of ether oxygens (including phenoxy) is 4. The molecule has 168 valence electrons. The summed E-state index contributed by atoms with van der Waals surface area (Å²) in [6, 6.07) is 9.19. The summed E-state index contributed by atoms with van der Waals surface area (Å²) in [4.78, 5) is 8.77. The molecule has 0 spiro atoms. The Morgan fingerprint density at radius 2 is 2.06 bits per heavy atom. The number of aliphatic hydroxyl groups is 1. The zero-order valence-electron chi connectivity index (χ0n) is 17.3. The molecule has 0 amide bonds. The average Bonchev–Trinajstić information content (AvgIpc) is 3.31. The van der Waals surface area contributed by atoms with Gasteiger partial charge >= 0.3 is 0 Å². The van der Waals surface area contributed by atoms with Crippen LogP contribution in [0.1, 0.15) is 6.92 Å². The van der Waals surface area contributed by atoms with Crippen LogP contribution in [0, 0.1) is 0 Å². The molecule has 8 nitrogen and oxygen atoms in total. The Kier molecular flexibility index (Phi) is 5.63. The zero-order chi connectivity index (χ0) is 22.5. The minimum absolute atomic E-state index is 0.208. The van der Waals surface area contributed by atoms with Gasteiger partial charge in [-0.05, 0) is 47.1 Å². The number of hydrogen-bond acceptors (Lipinski definition) is 8. The fourth-order valence-corrected chi connectivity index (χ4v) is 4.48. The van der Waals surface area contributed by atoms with Crippen LogP contribution in [0.15, 0.2) is 41.1 Å². The summed E-state index contributed by atoms with van der Waals surface area (Å²) in [7, 11) is 1.57. The number of nitrogens with zero attached hydrogens (tertiary/aromatic N) is 2. The number of fused-ring (bicyclic) bond motifs is 2. The molecule has 2 saturated heterocycles. The van der Waals surface area contributed by atoms with Gasteiger partial charge in [-0.3, -0.25) is 0 Å². The second kappa shape index (κ2) is 8.31. The molecule has 10 heteroatoms. The molecule has 1 aromatic heterocycles. The van der Waals surface area contributed by atoms with Crippen LogP contribution in [0.2, 0.25) is 5.02 Å². The van der Waals surface area contributed by atoms with Crippen LogP contribution in [0.3, 0.4) is 0 Å². The van der Waals surface area contributed by atoms with Crippen molar-refractivity contribution in [2.45, 2.75) is 30.8 Å². The maximum absolute atomic E-state index is 10.4. The monoisotopic (exact) mass is 521 g/mol. The Bertz CT molecular complexity index is 1180. The number of methoxy groups -OCH3 is 1. The number of nitrogens with one attached hydrogen (secondary N) is 1. The van der Waals surface area contributed by atoms with Gasteiger partial charge in [0.25, 0.3) is 0 Å². The van der Waals surface area contributed by atoms with E-state index in [4.69, 9.17) is 30.5 Å². The molecule has 0 saturated carbocycles. The van der Waals surface area contributed by atoms with E-state index in [1.165, 1.54) is 6.33 Å². The molecule has 2 fully saturated rings. The lowest BCUT2D eigenvalue weighted by atomic mass is 9.98. The van der Waals surface area contributed by atoms with Crippen molar-refractivity contribution in [2.75, 3.05) is 25.6 Å². The van der Waals surface area contributed by atoms with Crippen LogP contribution >= 0.6 is 27.5 Å². The van der Waals surface area contributed by atoms with E-state index in [2.05, 4.69) is 31.2 Å². The molecular formula is C22H21BrClN3O5. The average molecular weight is 523 g/mol. The summed E-state index contributed by atoms with van der Waals surface area (Å²) >= 11 is 9.60. The minimum atomic E-state index is -1.03. The van der Waals surface area contributed by atoms with Gasteiger partial charge in [-0.15, -0.1) is 0 Å². The highest BCUT2D eigenvalue weighted by Gasteiger charge is 2.54. The van der Waals surface area contributed by atoms with E-state index < -0.39 is 11.7 Å². The molecule has 2 aliphatic rings. The second-order valence-corrected chi connectivity index (χ2v) is 9.30. The van der Waals surface area contributed by atoms with E-state index in [1.807, 2.05) is 18.2 Å². The highest BCUT2D eigenvalue weighted by molar-refractivity contribution is 9.10. The first-order chi connectivity index (χ1) is 15.4. The first-order valence-corrected chi connectivity index (χ1v) is 11.2. The number of benzene rings is 2. The SMILES string of the molecule is COc1cc2c(Nc3ccc(Br)c(Cl)c3)ncnc2cc1O[C@H]1CO[C@H]2[C@H]1OC[C@@]2(C)O. The molecule has 2 aliphatic heterocycles. The second-order valence-electron chi connectivity index (χ2n) is 8.04. The van der Waals surface area contributed by atoms with Crippen molar-refractivity contribution in [1.29, 1.82) is 0 Å². The third kappa shape index (κ3) is 3.88. The van der Waals surface area contributed by atoms with Crippen molar-refractivity contribution in [3.8, 4) is 11.5 Å². The molecule has 2 aromatic carbocycles. The highest BCUT2D eigenvalue weighted by atomic mass is 79.9. The Labute approximate surface area is 197 Å². The summed E-state index contributed by atoms with van der Waals surface area (Å²) in [6.45, 7) is 2.23. The summed E-state index contributed by atoms with van der Waals surface area (Å²) < 4.78 is 24.1. The Hall–Kier alpha value is -2.17. The van der Waals surface area contributed by atoms with Crippen molar-refractivity contribution in [2.24, 2.45) is 0 Å². The van der Waals surface area contributed by atoms with Gasteiger partial charge in [0.2, 0.25) is 0 Å². The number of anilines is 2. The van der Waals surface area contributed by atoms with Gasteiger partial charge in [0, 0.05) is 21.6 Å². The van der Waals surface area contributed by atoms with Crippen LogP contribution in [0.5, 0.6) is 11.5 Å². The topological polar surface area (TPSA) is 95.0 Å². The third-order valence-electron chi connectivity index (χ3n) is 5.67. The van der Waals surface area contributed by atoms with Crippen molar-refractivity contribution < 1.29 is 24.1 Å². The van der Waals surface area contributed by atoms with Gasteiger partial charge in [-0.25, -0.2) is 9.97 Å². The molecule has 4 atom stereocenters. The lowest BCUT2D eigenvalue weighted by Gasteiger charge is -2.21. The molecule has 0 unspecified atom stereocenters. The Morgan fingerprint density at radius 1 is 1.22 bits per heavy atom. The quantitative estimate of drug-likeness (QED) is 0.517. The molecule has 2 N–H and O–H groups in total. The molecule has 32 heavy (non-hydrogen) atoms. The van der Waals surface area contributed by atoms with Crippen LogP contribution in [-0.2, 0) is 9.47 Å².